The van der Waals surface area contributed by atoms with Crippen molar-refractivity contribution in [1.29, 1.82) is 0 Å². The van der Waals surface area contributed by atoms with Crippen LogP contribution in [0.1, 0.15) is 45.3 Å². The van der Waals surface area contributed by atoms with Crippen molar-refractivity contribution in [2.24, 2.45) is 5.92 Å². The Hall–Kier alpha value is -1.53. The van der Waals surface area contributed by atoms with Crippen LogP contribution in [0.3, 0.4) is 0 Å². The zero-order valence-electron chi connectivity index (χ0n) is 11.9. The smallest absolute Gasteiger partial charge is 0.293 e. The average Bonchev–Trinajstić information content (AvgIpc) is 2.44. The van der Waals surface area contributed by atoms with Crippen LogP contribution >= 0.6 is 0 Å². The van der Waals surface area contributed by atoms with Crippen LogP contribution in [0.5, 0.6) is 0 Å². The van der Waals surface area contributed by atoms with Gasteiger partial charge in [-0.3, -0.25) is 15.1 Å². The summed E-state index contributed by atoms with van der Waals surface area (Å²) in [6, 6.07) is 1.62. The largest absolute Gasteiger partial charge is 0.387 e. The Morgan fingerprint density at radius 1 is 1.60 bits per heavy atom. The maximum absolute atomic E-state index is 11.1. The molecule has 0 unspecified atom stereocenters. The standard InChI is InChI=1S/C14H20N2O4/c1-4-14(17)9(2)7-13(20-10(14)3)11-5-6-15-8-12(11)16(18)19/h5-6,8-10,13,17H,4,7H2,1-3H3/t9-,10-,13-,14+/m1/s1. The van der Waals surface area contributed by atoms with Crippen molar-refractivity contribution in [3.8, 4) is 0 Å². The van der Waals surface area contributed by atoms with Crippen LogP contribution in [0.15, 0.2) is 18.5 Å². The molecular formula is C14H20N2O4. The third-order valence-electron chi connectivity index (χ3n) is 4.44. The Morgan fingerprint density at radius 2 is 2.30 bits per heavy atom. The van der Waals surface area contributed by atoms with Crippen molar-refractivity contribution in [2.75, 3.05) is 0 Å². The van der Waals surface area contributed by atoms with Crippen LogP contribution in [0.4, 0.5) is 5.69 Å². The summed E-state index contributed by atoms with van der Waals surface area (Å²) in [5.41, 5.74) is -0.376. The molecule has 1 N–H and O–H groups in total. The number of hydrogen-bond donors (Lipinski definition) is 1. The van der Waals surface area contributed by atoms with Crippen molar-refractivity contribution in [1.82, 2.24) is 4.98 Å². The molecule has 2 rings (SSSR count). The van der Waals surface area contributed by atoms with Crippen LogP contribution in [0.2, 0.25) is 0 Å². The molecule has 0 spiro atoms. The predicted molar refractivity (Wildman–Crippen MR) is 73.2 cm³/mol. The van der Waals surface area contributed by atoms with E-state index in [1.165, 1.54) is 12.4 Å². The Balaban J connectivity index is 2.31. The van der Waals surface area contributed by atoms with Crippen LogP contribution in [-0.2, 0) is 4.74 Å². The molecule has 0 aromatic carbocycles. The lowest BCUT2D eigenvalue weighted by Gasteiger charge is -2.45. The van der Waals surface area contributed by atoms with Crippen LogP contribution in [0, 0.1) is 16.0 Å². The molecule has 110 valence electrons. The van der Waals surface area contributed by atoms with Gasteiger partial charge in [-0.1, -0.05) is 13.8 Å². The lowest BCUT2D eigenvalue weighted by Crippen LogP contribution is -2.51. The van der Waals surface area contributed by atoms with Crippen molar-refractivity contribution >= 4 is 5.69 Å². The van der Waals surface area contributed by atoms with Gasteiger partial charge >= 0.3 is 0 Å². The first-order valence-electron chi connectivity index (χ1n) is 6.86. The lowest BCUT2D eigenvalue weighted by molar-refractivity contribution is -0.386. The molecule has 1 aromatic rings. The molecule has 0 radical (unpaired) electrons. The molecule has 0 aliphatic carbocycles. The van der Waals surface area contributed by atoms with Crippen LogP contribution in [0.25, 0.3) is 0 Å². The Labute approximate surface area is 117 Å². The van der Waals surface area contributed by atoms with E-state index in [1.807, 2.05) is 20.8 Å². The average molecular weight is 280 g/mol. The molecule has 20 heavy (non-hydrogen) atoms. The summed E-state index contributed by atoms with van der Waals surface area (Å²) in [6.45, 7) is 5.70. The number of nitrogens with zero attached hydrogens (tertiary/aromatic N) is 2. The fourth-order valence-electron chi connectivity index (χ4n) is 3.00. The molecule has 1 aliphatic heterocycles. The van der Waals surface area contributed by atoms with E-state index in [1.54, 1.807) is 6.07 Å². The highest BCUT2D eigenvalue weighted by molar-refractivity contribution is 5.39. The van der Waals surface area contributed by atoms with Gasteiger partial charge in [0.05, 0.1) is 28.3 Å². The SMILES string of the molecule is CC[C@]1(O)[C@H](C)C[C@H](c2ccncc2[N+](=O)[O-])O[C@@H]1C. The minimum atomic E-state index is -0.877. The minimum absolute atomic E-state index is 0.00835. The van der Waals surface area contributed by atoms with Crippen molar-refractivity contribution in [2.45, 2.75) is 51.4 Å². The zero-order valence-corrected chi connectivity index (χ0v) is 11.9. The summed E-state index contributed by atoms with van der Waals surface area (Å²) in [7, 11) is 0. The summed E-state index contributed by atoms with van der Waals surface area (Å²) < 4.78 is 5.86. The Morgan fingerprint density at radius 3 is 2.85 bits per heavy atom. The highest BCUT2D eigenvalue weighted by atomic mass is 16.6. The van der Waals surface area contributed by atoms with Gasteiger partial charge in [-0.25, -0.2) is 0 Å². The van der Waals surface area contributed by atoms with Gasteiger partial charge in [-0.15, -0.1) is 0 Å². The maximum Gasteiger partial charge on any atom is 0.293 e. The predicted octanol–water partition coefficient (Wildman–Crippen LogP) is 2.62. The number of pyridine rings is 1. The van der Waals surface area contributed by atoms with Gasteiger partial charge in [0.2, 0.25) is 0 Å². The maximum atomic E-state index is 11.1. The third kappa shape index (κ3) is 2.41. The van der Waals surface area contributed by atoms with Gasteiger partial charge in [0.25, 0.3) is 5.69 Å². The van der Waals surface area contributed by atoms with E-state index in [9.17, 15) is 15.2 Å². The summed E-state index contributed by atoms with van der Waals surface area (Å²) in [5.74, 6) is 0.00835. The van der Waals surface area contributed by atoms with Gasteiger partial charge in [0.1, 0.15) is 6.20 Å². The van der Waals surface area contributed by atoms with Gasteiger partial charge in [0.15, 0.2) is 0 Å². The van der Waals surface area contributed by atoms with Gasteiger partial charge in [-0.2, -0.15) is 0 Å². The van der Waals surface area contributed by atoms with E-state index >= 15 is 0 Å². The molecule has 1 fully saturated rings. The molecule has 1 saturated heterocycles. The molecule has 1 aliphatic rings. The number of ether oxygens (including phenoxy) is 1. The molecule has 0 bridgehead atoms. The van der Waals surface area contributed by atoms with Crippen molar-refractivity contribution in [3.05, 3.63) is 34.1 Å². The number of aliphatic hydroxyl groups is 1. The summed E-state index contributed by atoms with van der Waals surface area (Å²) in [6.07, 6.45) is 3.18. The van der Waals surface area contributed by atoms with Gasteiger partial charge in [0, 0.05) is 6.20 Å². The summed E-state index contributed by atoms with van der Waals surface area (Å²) in [5, 5.41) is 21.7. The topological polar surface area (TPSA) is 85.5 Å². The Kier molecular flexibility index (Phi) is 4.06. The molecule has 6 heteroatoms. The van der Waals surface area contributed by atoms with Gasteiger partial charge in [-0.05, 0) is 31.7 Å². The fourth-order valence-corrected chi connectivity index (χ4v) is 3.00. The van der Waals surface area contributed by atoms with Crippen molar-refractivity contribution in [3.63, 3.8) is 0 Å². The zero-order chi connectivity index (χ0) is 14.9. The highest BCUT2D eigenvalue weighted by Crippen LogP contribution is 2.43. The third-order valence-corrected chi connectivity index (χ3v) is 4.44. The summed E-state index contributed by atoms with van der Waals surface area (Å²) >= 11 is 0. The first kappa shape index (κ1) is 14.9. The monoisotopic (exact) mass is 280 g/mol. The molecule has 6 nitrogen and oxygen atoms in total. The number of hydrogen-bond acceptors (Lipinski definition) is 5. The van der Waals surface area contributed by atoms with E-state index in [-0.39, 0.29) is 23.8 Å². The first-order chi connectivity index (χ1) is 9.40. The number of rotatable bonds is 3. The second-order valence-corrected chi connectivity index (χ2v) is 5.44. The fraction of sp³-hybridized carbons (Fsp3) is 0.643. The normalized spacial score (nSPS) is 33.9. The number of nitro groups is 1. The molecule has 2 heterocycles. The van der Waals surface area contributed by atoms with Crippen molar-refractivity contribution < 1.29 is 14.8 Å². The molecule has 1 aromatic heterocycles. The quantitative estimate of drug-likeness (QED) is 0.679. The molecule has 0 saturated carbocycles. The van der Waals surface area contributed by atoms with E-state index in [2.05, 4.69) is 4.98 Å². The second-order valence-electron chi connectivity index (χ2n) is 5.44. The molecule has 0 amide bonds. The van der Waals surface area contributed by atoms with E-state index in [4.69, 9.17) is 4.74 Å². The van der Waals surface area contributed by atoms with E-state index in [0.29, 0.717) is 18.4 Å². The Bertz CT molecular complexity index is 494. The lowest BCUT2D eigenvalue weighted by atomic mass is 9.76. The molecule has 4 atom stereocenters. The second kappa shape index (κ2) is 5.46. The van der Waals surface area contributed by atoms with Crippen LogP contribution in [-0.4, -0.2) is 26.7 Å². The van der Waals surface area contributed by atoms with Gasteiger partial charge < -0.3 is 9.84 Å². The van der Waals surface area contributed by atoms with E-state index < -0.39 is 10.5 Å². The first-order valence-corrected chi connectivity index (χ1v) is 6.86. The van der Waals surface area contributed by atoms with Crippen LogP contribution < -0.4 is 0 Å². The highest BCUT2D eigenvalue weighted by Gasteiger charge is 2.45. The molecular weight excluding hydrogens is 260 g/mol. The minimum Gasteiger partial charge on any atom is -0.387 e. The van der Waals surface area contributed by atoms with E-state index in [0.717, 1.165) is 0 Å². The number of aromatic nitrogens is 1. The summed E-state index contributed by atoms with van der Waals surface area (Å²) in [4.78, 5) is 14.4.